The number of nitrogens with two attached hydrogens (primary N) is 1. The van der Waals surface area contributed by atoms with Crippen LogP contribution in [-0.2, 0) is 4.74 Å². The molecule has 0 aliphatic carbocycles. The standard InChI is InChI=1S/C12H25NO4S/c1-5(2)7(13)11-9(15)8(14)10(16)12(17-11)18-6(3)4/h5-12,14-16H,13H2,1-4H3. The average Bonchev–Trinajstić information content (AvgIpc) is 2.28. The fourth-order valence-corrected chi connectivity index (χ4v) is 3.00. The SMILES string of the molecule is CC(C)SC1OC(C(N)C(C)C)C(O)C(O)C1O. The molecule has 0 aromatic carbocycles. The van der Waals surface area contributed by atoms with Crippen LogP contribution in [0.4, 0.5) is 0 Å². The van der Waals surface area contributed by atoms with Crippen LogP contribution in [-0.4, -0.2) is 56.5 Å². The van der Waals surface area contributed by atoms with Crippen molar-refractivity contribution in [1.82, 2.24) is 0 Å². The van der Waals surface area contributed by atoms with E-state index in [1.54, 1.807) is 0 Å². The van der Waals surface area contributed by atoms with Gasteiger partial charge in [-0.1, -0.05) is 27.7 Å². The van der Waals surface area contributed by atoms with Crippen LogP contribution in [0.1, 0.15) is 27.7 Å². The molecule has 1 saturated heterocycles. The molecule has 0 aromatic rings. The number of rotatable bonds is 4. The number of aliphatic hydroxyl groups is 3. The Morgan fingerprint density at radius 3 is 2.00 bits per heavy atom. The van der Waals surface area contributed by atoms with Gasteiger partial charge in [-0.2, -0.15) is 0 Å². The molecule has 0 amide bonds. The van der Waals surface area contributed by atoms with Crippen molar-refractivity contribution in [3.8, 4) is 0 Å². The van der Waals surface area contributed by atoms with Crippen LogP contribution < -0.4 is 5.73 Å². The summed E-state index contributed by atoms with van der Waals surface area (Å²) in [6.45, 7) is 7.83. The van der Waals surface area contributed by atoms with E-state index in [9.17, 15) is 15.3 Å². The summed E-state index contributed by atoms with van der Waals surface area (Å²) in [5.41, 5.74) is 5.44. The van der Waals surface area contributed by atoms with E-state index < -0.39 is 29.9 Å². The molecule has 1 aliphatic heterocycles. The van der Waals surface area contributed by atoms with Crippen molar-refractivity contribution in [2.75, 3.05) is 0 Å². The van der Waals surface area contributed by atoms with Crippen LogP contribution in [0.2, 0.25) is 0 Å². The number of aliphatic hydroxyl groups excluding tert-OH is 3. The van der Waals surface area contributed by atoms with Crippen molar-refractivity contribution in [1.29, 1.82) is 0 Å². The molecule has 1 fully saturated rings. The van der Waals surface area contributed by atoms with Crippen LogP contribution in [0.3, 0.4) is 0 Å². The van der Waals surface area contributed by atoms with E-state index in [4.69, 9.17) is 10.5 Å². The normalized spacial score (nSPS) is 39.3. The lowest BCUT2D eigenvalue weighted by molar-refractivity contribution is -0.205. The van der Waals surface area contributed by atoms with Crippen LogP contribution in [0, 0.1) is 5.92 Å². The molecule has 1 heterocycles. The minimum absolute atomic E-state index is 0.122. The highest BCUT2D eigenvalue weighted by Gasteiger charge is 2.46. The summed E-state index contributed by atoms with van der Waals surface area (Å²) in [6, 6.07) is -0.377. The zero-order valence-corrected chi connectivity index (χ0v) is 12.2. The van der Waals surface area contributed by atoms with Crippen molar-refractivity contribution in [3.05, 3.63) is 0 Å². The second-order valence-corrected chi connectivity index (χ2v) is 7.13. The lowest BCUT2D eigenvalue weighted by Crippen LogP contribution is -2.62. The third-order valence-corrected chi connectivity index (χ3v) is 4.36. The molecule has 0 spiro atoms. The molecule has 6 atom stereocenters. The Morgan fingerprint density at radius 1 is 1.00 bits per heavy atom. The highest BCUT2D eigenvalue weighted by Crippen LogP contribution is 2.32. The number of ether oxygens (including phenoxy) is 1. The second kappa shape index (κ2) is 6.54. The molecule has 0 bridgehead atoms. The van der Waals surface area contributed by atoms with Crippen molar-refractivity contribution in [2.45, 2.75) is 68.8 Å². The van der Waals surface area contributed by atoms with Crippen LogP contribution in [0.5, 0.6) is 0 Å². The molecule has 1 aliphatic rings. The van der Waals surface area contributed by atoms with Gasteiger partial charge in [-0.3, -0.25) is 0 Å². The van der Waals surface area contributed by atoms with Crippen molar-refractivity contribution >= 4 is 11.8 Å². The Labute approximate surface area is 113 Å². The van der Waals surface area contributed by atoms with E-state index >= 15 is 0 Å². The minimum atomic E-state index is -1.22. The molecule has 5 nitrogen and oxygen atoms in total. The minimum Gasteiger partial charge on any atom is -0.388 e. The Hall–Kier alpha value is 0.150. The topological polar surface area (TPSA) is 95.9 Å². The van der Waals surface area contributed by atoms with Crippen LogP contribution >= 0.6 is 11.8 Å². The molecule has 6 heteroatoms. The quantitative estimate of drug-likeness (QED) is 0.575. The monoisotopic (exact) mass is 279 g/mol. The van der Waals surface area contributed by atoms with Crippen molar-refractivity contribution < 1.29 is 20.1 Å². The van der Waals surface area contributed by atoms with E-state index in [2.05, 4.69) is 0 Å². The Morgan fingerprint density at radius 2 is 1.56 bits per heavy atom. The fourth-order valence-electron chi connectivity index (χ4n) is 1.95. The van der Waals surface area contributed by atoms with Gasteiger partial charge >= 0.3 is 0 Å². The predicted octanol–water partition coefficient (Wildman–Crippen LogP) is -0.0811. The molecule has 0 saturated carbocycles. The molecular formula is C12H25NO4S. The Kier molecular flexibility index (Phi) is 5.89. The maximum Gasteiger partial charge on any atom is 0.132 e. The van der Waals surface area contributed by atoms with Gasteiger partial charge in [0, 0.05) is 11.3 Å². The first-order chi connectivity index (χ1) is 8.25. The highest BCUT2D eigenvalue weighted by atomic mass is 32.2. The molecule has 0 radical (unpaired) electrons. The van der Waals surface area contributed by atoms with Gasteiger partial charge in [-0.05, 0) is 5.92 Å². The maximum atomic E-state index is 9.95. The van der Waals surface area contributed by atoms with Crippen LogP contribution in [0.25, 0.3) is 0 Å². The van der Waals surface area contributed by atoms with Gasteiger partial charge in [0.05, 0.1) is 0 Å². The molecule has 0 aromatic heterocycles. The van der Waals surface area contributed by atoms with Crippen molar-refractivity contribution in [3.63, 3.8) is 0 Å². The van der Waals surface area contributed by atoms with Crippen molar-refractivity contribution in [2.24, 2.45) is 11.7 Å². The summed E-state index contributed by atoms with van der Waals surface area (Å²) >= 11 is 1.42. The van der Waals surface area contributed by atoms with Gasteiger partial charge in [-0.25, -0.2) is 0 Å². The summed E-state index contributed by atoms with van der Waals surface area (Å²) in [5.74, 6) is 0.122. The fraction of sp³-hybridized carbons (Fsp3) is 1.00. The Bertz CT molecular complexity index is 264. The third kappa shape index (κ3) is 3.59. The van der Waals surface area contributed by atoms with Gasteiger partial charge in [0.15, 0.2) is 0 Å². The van der Waals surface area contributed by atoms with Gasteiger partial charge < -0.3 is 25.8 Å². The largest absolute Gasteiger partial charge is 0.388 e. The second-order valence-electron chi connectivity index (χ2n) is 5.45. The maximum absolute atomic E-state index is 9.95. The van der Waals surface area contributed by atoms with E-state index in [-0.39, 0.29) is 17.2 Å². The molecule has 6 unspecified atom stereocenters. The van der Waals surface area contributed by atoms with Crippen LogP contribution in [0.15, 0.2) is 0 Å². The summed E-state index contributed by atoms with van der Waals surface area (Å²) in [4.78, 5) is 0. The zero-order chi connectivity index (χ0) is 14.0. The molecule has 5 N–H and O–H groups in total. The first-order valence-electron chi connectivity index (χ1n) is 6.36. The molecule has 18 heavy (non-hydrogen) atoms. The predicted molar refractivity (Wildman–Crippen MR) is 72.2 cm³/mol. The zero-order valence-electron chi connectivity index (χ0n) is 11.4. The summed E-state index contributed by atoms with van der Waals surface area (Å²) in [6.07, 6.45) is -4.12. The first-order valence-corrected chi connectivity index (χ1v) is 7.30. The first kappa shape index (κ1) is 16.2. The molecule has 1 rings (SSSR count). The van der Waals surface area contributed by atoms with Gasteiger partial charge in [0.1, 0.15) is 29.9 Å². The molecule has 108 valence electrons. The average molecular weight is 279 g/mol. The number of thioether (sulfide) groups is 1. The van der Waals surface area contributed by atoms with Gasteiger partial charge in [-0.15, -0.1) is 11.8 Å². The van der Waals surface area contributed by atoms with Gasteiger partial charge in [0.2, 0.25) is 0 Å². The number of hydrogen-bond donors (Lipinski definition) is 4. The van der Waals surface area contributed by atoms with E-state index in [0.717, 1.165) is 0 Å². The lowest BCUT2D eigenvalue weighted by Gasteiger charge is -2.43. The summed E-state index contributed by atoms with van der Waals surface area (Å²) in [5, 5.41) is 30.0. The highest BCUT2D eigenvalue weighted by molar-refractivity contribution is 8.00. The number of hydrogen-bond acceptors (Lipinski definition) is 6. The van der Waals surface area contributed by atoms with E-state index in [0.29, 0.717) is 0 Å². The van der Waals surface area contributed by atoms with Gasteiger partial charge in [0.25, 0.3) is 0 Å². The van der Waals surface area contributed by atoms with E-state index in [1.165, 1.54) is 11.8 Å². The van der Waals surface area contributed by atoms with E-state index in [1.807, 2.05) is 27.7 Å². The smallest absolute Gasteiger partial charge is 0.132 e. The molecular weight excluding hydrogens is 254 g/mol. The Balaban J connectivity index is 2.80. The summed E-state index contributed by atoms with van der Waals surface area (Å²) in [7, 11) is 0. The lowest BCUT2D eigenvalue weighted by atomic mass is 9.90. The third-order valence-electron chi connectivity index (χ3n) is 3.16. The summed E-state index contributed by atoms with van der Waals surface area (Å²) < 4.78 is 5.69.